The Labute approximate surface area is 107 Å². The van der Waals surface area contributed by atoms with Gasteiger partial charge in [-0.05, 0) is 58.0 Å². The molecule has 0 aliphatic carbocycles. The van der Waals surface area contributed by atoms with Crippen LogP contribution < -0.4 is 0 Å². The topological polar surface area (TPSA) is 27.0 Å². The van der Waals surface area contributed by atoms with Crippen LogP contribution >= 0.6 is 0 Å². The first-order chi connectivity index (χ1) is 7.94. The number of rotatable bonds is 5. The van der Waals surface area contributed by atoms with E-state index in [4.69, 9.17) is 5.26 Å². The molecule has 2 atom stereocenters. The average molecular weight is 236 g/mol. The summed E-state index contributed by atoms with van der Waals surface area (Å²) in [6.45, 7) is 12.6. The van der Waals surface area contributed by atoms with E-state index in [2.05, 4.69) is 24.8 Å². The predicted octanol–water partition coefficient (Wildman–Crippen LogP) is 3.68. The van der Waals surface area contributed by atoms with Crippen molar-refractivity contribution < 1.29 is 0 Å². The highest BCUT2D eigenvalue weighted by Crippen LogP contribution is 2.24. The van der Waals surface area contributed by atoms with E-state index in [1.54, 1.807) is 0 Å². The van der Waals surface area contributed by atoms with Gasteiger partial charge in [0.15, 0.2) is 0 Å². The van der Waals surface area contributed by atoms with Crippen LogP contribution in [0.1, 0.15) is 53.4 Å². The van der Waals surface area contributed by atoms with Crippen LogP contribution in [0.4, 0.5) is 0 Å². The molecule has 0 radical (unpaired) electrons. The van der Waals surface area contributed by atoms with Crippen molar-refractivity contribution in [2.75, 3.05) is 19.6 Å². The van der Waals surface area contributed by atoms with Crippen molar-refractivity contribution in [3.05, 3.63) is 0 Å². The first kappa shape index (κ1) is 14.5. The highest BCUT2D eigenvalue weighted by Gasteiger charge is 2.22. The number of unbranched alkanes of at least 4 members (excludes halogenated alkanes) is 1. The molecule has 0 amide bonds. The highest BCUT2D eigenvalue weighted by molar-refractivity contribution is 4.91. The molecule has 0 aromatic rings. The number of piperidine rings is 1. The van der Waals surface area contributed by atoms with E-state index in [1.165, 1.54) is 38.9 Å². The van der Waals surface area contributed by atoms with Gasteiger partial charge in [0.2, 0.25) is 0 Å². The van der Waals surface area contributed by atoms with Gasteiger partial charge in [-0.2, -0.15) is 5.26 Å². The number of hydrogen-bond acceptors (Lipinski definition) is 2. The van der Waals surface area contributed by atoms with E-state index in [9.17, 15) is 0 Å². The van der Waals surface area contributed by atoms with Gasteiger partial charge < -0.3 is 4.90 Å². The normalized spacial score (nSPS) is 26.8. The zero-order valence-electron chi connectivity index (χ0n) is 12.0. The quantitative estimate of drug-likeness (QED) is 0.681. The second-order valence-electron chi connectivity index (χ2n) is 6.50. The monoisotopic (exact) mass is 236 g/mol. The van der Waals surface area contributed by atoms with Gasteiger partial charge in [-0.1, -0.05) is 20.3 Å². The third kappa shape index (κ3) is 5.08. The lowest BCUT2D eigenvalue weighted by Gasteiger charge is -2.35. The summed E-state index contributed by atoms with van der Waals surface area (Å²) in [4.78, 5) is 2.60. The van der Waals surface area contributed by atoms with Crippen LogP contribution in [-0.4, -0.2) is 24.5 Å². The van der Waals surface area contributed by atoms with E-state index < -0.39 is 0 Å². The Kier molecular flexibility index (Phi) is 5.46. The van der Waals surface area contributed by atoms with Crippen LogP contribution in [0.2, 0.25) is 0 Å². The molecule has 0 spiro atoms. The molecule has 98 valence electrons. The van der Waals surface area contributed by atoms with Gasteiger partial charge in [-0.3, -0.25) is 0 Å². The van der Waals surface area contributed by atoms with Gasteiger partial charge in [-0.25, -0.2) is 0 Å². The molecule has 2 nitrogen and oxygen atoms in total. The molecule has 0 aromatic carbocycles. The summed E-state index contributed by atoms with van der Waals surface area (Å²) in [5.41, 5.74) is -0.135. The Hall–Kier alpha value is -0.550. The van der Waals surface area contributed by atoms with E-state index >= 15 is 0 Å². The third-order valence-electron chi connectivity index (χ3n) is 4.25. The summed E-state index contributed by atoms with van der Waals surface area (Å²) in [5, 5.41) is 8.95. The largest absolute Gasteiger partial charge is 0.303 e. The zero-order chi connectivity index (χ0) is 12.9. The molecule has 1 aliphatic heterocycles. The molecule has 1 fully saturated rings. The molecule has 0 aromatic heterocycles. The average Bonchev–Trinajstić information content (AvgIpc) is 2.29. The summed E-state index contributed by atoms with van der Waals surface area (Å²) >= 11 is 0. The van der Waals surface area contributed by atoms with Crippen molar-refractivity contribution >= 4 is 0 Å². The van der Waals surface area contributed by atoms with Crippen molar-refractivity contribution in [2.45, 2.75) is 53.4 Å². The Balaban J connectivity index is 2.14. The number of nitriles is 1. The van der Waals surface area contributed by atoms with Gasteiger partial charge in [0.25, 0.3) is 0 Å². The Bertz CT molecular complexity index is 265. The van der Waals surface area contributed by atoms with Gasteiger partial charge in [0.05, 0.1) is 11.5 Å². The van der Waals surface area contributed by atoms with Crippen LogP contribution in [0, 0.1) is 28.6 Å². The van der Waals surface area contributed by atoms with Gasteiger partial charge in [0.1, 0.15) is 0 Å². The molecule has 0 bridgehead atoms. The standard InChI is InChI=1S/C15H28N2/c1-13-7-10-17(11-14(13)2)9-6-5-8-15(3,4)12-16/h13-14H,5-11H2,1-4H3. The van der Waals surface area contributed by atoms with Gasteiger partial charge in [0, 0.05) is 6.54 Å². The zero-order valence-corrected chi connectivity index (χ0v) is 12.0. The molecule has 1 rings (SSSR count). The minimum atomic E-state index is -0.135. The van der Waals surface area contributed by atoms with Crippen LogP contribution in [0.5, 0.6) is 0 Å². The van der Waals surface area contributed by atoms with Crippen LogP contribution in [0.3, 0.4) is 0 Å². The van der Waals surface area contributed by atoms with E-state index in [1.807, 2.05) is 13.8 Å². The SMILES string of the molecule is CC1CCN(CCCCC(C)(C)C#N)CC1C. The van der Waals surface area contributed by atoms with Gasteiger partial charge >= 0.3 is 0 Å². The highest BCUT2D eigenvalue weighted by atomic mass is 15.1. The third-order valence-corrected chi connectivity index (χ3v) is 4.25. The van der Waals surface area contributed by atoms with Crippen molar-refractivity contribution in [2.24, 2.45) is 17.3 Å². The summed E-state index contributed by atoms with van der Waals surface area (Å²) < 4.78 is 0. The fourth-order valence-electron chi connectivity index (χ4n) is 2.51. The fourth-order valence-corrected chi connectivity index (χ4v) is 2.51. The number of likely N-dealkylation sites (tertiary alicyclic amines) is 1. The van der Waals surface area contributed by atoms with E-state index in [0.717, 1.165) is 18.3 Å². The van der Waals surface area contributed by atoms with E-state index in [-0.39, 0.29) is 5.41 Å². The van der Waals surface area contributed by atoms with Crippen molar-refractivity contribution in [3.63, 3.8) is 0 Å². The number of nitrogens with zero attached hydrogens (tertiary/aromatic N) is 2. The minimum absolute atomic E-state index is 0.135. The summed E-state index contributed by atoms with van der Waals surface area (Å²) in [6, 6.07) is 2.38. The first-order valence-electron chi connectivity index (χ1n) is 7.08. The fraction of sp³-hybridized carbons (Fsp3) is 0.933. The minimum Gasteiger partial charge on any atom is -0.303 e. The second kappa shape index (κ2) is 6.40. The van der Waals surface area contributed by atoms with Crippen molar-refractivity contribution in [3.8, 4) is 6.07 Å². The molecule has 1 saturated heterocycles. The smallest absolute Gasteiger partial charge is 0.0683 e. The molecule has 1 aliphatic rings. The van der Waals surface area contributed by atoms with Crippen LogP contribution in [-0.2, 0) is 0 Å². The molecular formula is C15H28N2. The summed E-state index contributed by atoms with van der Waals surface area (Å²) in [5.74, 6) is 1.74. The maximum absolute atomic E-state index is 8.95. The molecule has 2 heteroatoms. The number of hydrogen-bond donors (Lipinski definition) is 0. The molecule has 0 N–H and O–H groups in total. The van der Waals surface area contributed by atoms with Crippen LogP contribution in [0.15, 0.2) is 0 Å². The predicted molar refractivity (Wildman–Crippen MR) is 72.6 cm³/mol. The van der Waals surface area contributed by atoms with Crippen molar-refractivity contribution in [1.29, 1.82) is 5.26 Å². The lowest BCUT2D eigenvalue weighted by Crippen LogP contribution is -2.38. The first-order valence-corrected chi connectivity index (χ1v) is 7.08. The maximum Gasteiger partial charge on any atom is 0.0683 e. The summed E-state index contributed by atoms with van der Waals surface area (Å²) in [7, 11) is 0. The Morgan fingerprint density at radius 1 is 1.24 bits per heavy atom. The molecule has 17 heavy (non-hydrogen) atoms. The van der Waals surface area contributed by atoms with Crippen molar-refractivity contribution in [1.82, 2.24) is 4.90 Å². The summed E-state index contributed by atoms with van der Waals surface area (Å²) in [6.07, 6.45) is 4.81. The molecular weight excluding hydrogens is 208 g/mol. The van der Waals surface area contributed by atoms with Crippen LogP contribution in [0.25, 0.3) is 0 Å². The van der Waals surface area contributed by atoms with E-state index in [0.29, 0.717) is 0 Å². The Morgan fingerprint density at radius 3 is 2.53 bits per heavy atom. The molecule has 2 unspecified atom stereocenters. The lowest BCUT2D eigenvalue weighted by atomic mass is 9.87. The molecule has 0 saturated carbocycles. The second-order valence-corrected chi connectivity index (χ2v) is 6.50. The molecule has 1 heterocycles. The Morgan fingerprint density at radius 2 is 1.94 bits per heavy atom. The maximum atomic E-state index is 8.95. The van der Waals surface area contributed by atoms with Gasteiger partial charge in [-0.15, -0.1) is 0 Å². The lowest BCUT2D eigenvalue weighted by molar-refractivity contribution is 0.135.